The first-order valence-corrected chi connectivity index (χ1v) is 34.1. The van der Waals surface area contributed by atoms with E-state index in [0.29, 0.717) is 56.2 Å². The van der Waals surface area contributed by atoms with E-state index in [-0.39, 0.29) is 324 Å². The molecule has 10 bridgehead atoms. The minimum Gasteiger partial charge on any atom is -0.697 e. The van der Waals surface area contributed by atoms with Gasteiger partial charge in [-0.1, -0.05) is 10.3 Å². The van der Waals surface area contributed by atoms with Gasteiger partial charge in [0, 0.05) is 141 Å². The number of aryl methyl sites for hydroxylation is 1. The van der Waals surface area contributed by atoms with Crippen LogP contribution < -0.4 is 0 Å². The van der Waals surface area contributed by atoms with Gasteiger partial charge in [0.05, 0.1) is 62.7 Å². The second-order valence-electron chi connectivity index (χ2n) is 27.5. The number of carbonyl (C=O) groups excluding carboxylic acids is 5. The molecule has 4 N–H and O–H groups in total. The fourth-order valence-electron chi connectivity index (χ4n) is 16.9. The summed E-state index contributed by atoms with van der Waals surface area (Å²) < 4.78 is 90.0. The number of hydrogen-bond acceptors (Lipinski definition) is 24. The summed E-state index contributed by atoms with van der Waals surface area (Å²) in [4.78, 5) is 79.8. The molecule has 15 fully saturated rings. The van der Waals surface area contributed by atoms with Crippen molar-refractivity contribution < 1.29 is 265 Å². The Morgan fingerprint density at radius 3 is 1.06 bits per heavy atom. The van der Waals surface area contributed by atoms with Crippen LogP contribution in [-0.4, -0.2) is 226 Å². The first-order chi connectivity index (χ1) is 45.9. The fourth-order valence-corrected chi connectivity index (χ4v) is 17.6. The van der Waals surface area contributed by atoms with Crippen LogP contribution in [-0.2, 0) is 208 Å². The Kier molecular flexibility index (Phi) is 40.6. The number of terminal acetylenes is 1. The fraction of sp³-hybridized carbons (Fsp3) is 0.613. The number of piperidine rings is 5. The molecule has 110 heavy (non-hydrogen) atoms. The van der Waals surface area contributed by atoms with Crippen molar-refractivity contribution >= 4 is 77.0 Å². The molecule has 14 heterocycles. The number of aromatic nitrogens is 4. The summed E-state index contributed by atoms with van der Waals surface area (Å²) in [6, 6.07) is 3.98. The van der Waals surface area contributed by atoms with Crippen LogP contribution in [0.2, 0.25) is 0 Å². The third-order valence-electron chi connectivity index (χ3n) is 22.6. The molecule has 5 spiro atoms. The van der Waals surface area contributed by atoms with Crippen LogP contribution in [0.3, 0.4) is 0 Å². The Balaban J connectivity index is 0.00000131. The Hall–Kier alpha value is -1.79. The summed E-state index contributed by atoms with van der Waals surface area (Å²) in [6.07, 6.45) is 32.4. The molecule has 36 nitrogen and oxygen atoms in total. The van der Waals surface area contributed by atoms with E-state index < -0.39 is 32.9 Å². The number of urea groups is 5. The molecule has 0 radical (unpaired) electrons. The van der Waals surface area contributed by atoms with Gasteiger partial charge in [-0.25, -0.2) is 44.5 Å². The Morgan fingerprint density at radius 2 is 0.773 bits per heavy atom. The third kappa shape index (κ3) is 20.2. The zero-order valence-corrected chi connectivity index (χ0v) is 88.7. The van der Waals surface area contributed by atoms with E-state index in [1.54, 1.807) is 48.1 Å². The largest absolute Gasteiger partial charge is 2.00 e. The van der Waals surface area contributed by atoms with E-state index >= 15 is 0 Å². The van der Waals surface area contributed by atoms with Crippen molar-refractivity contribution in [2.45, 2.75) is 164 Å². The number of amides is 10. The summed E-state index contributed by atoms with van der Waals surface area (Å²) >= 11 is 0. The number of carbonyl (C=O) groups is 5. The maximum Gasteiger partial charge on any atom is 2.00 e. The molecule has 19 rings (SSSR count). The Labute approximate surface area is 761 Å². The average Bonchev–Trinajstić information content (AvgIpc) is 1.58. The predicted molar refractivity (Wildman–Crippen MR) is 359 cm³/mol. The number of hydrogen-bond donors (Lipinski definition) is 4. The van der Waals surface area contributed by atoms with Crippen LogP contribution in [0.25, 0.3) is 0 Å². The molecule has 15 aliphatic rings. The average molecular weight is 2980 g/mol. The van der Waals surface area contributed by atoms with E-state index in [9.17, 15) is 46.0 Å². The maximum atomic E-state index is 12.5. The van der Waals surface area contributed by atoms with Gasteiger partial charge in [0.15, 0.2) is 0 Å². The van der Waals surface area contributed by atoms with Gasteiger partial charge in [-0.15, -0.1) is 8.57 Å². The zero-order valence-electron chi connectivity index (χ0n) is 60.8. The molecule has 4 aromatic heterocycles. The summed E-state index contributed by atoms with van der Waals surface area (Å²) in [7, 11) is -6.37. The van der Waals surface area contributed by atoms with E-state index in [2.05, 4.69) is 59.6 Å². The van der Waals surface area contributed by atoms with Crippen molar-refractivity contribution in [2.24, 2.45) is 32.2 Å². The Morgan fingerprint density at radius 1 is 0.491 bits per heavy atom. The first-order valence-electron chi connectivity index (χ1n) is 31.3. The van der Waals surface area contributed by atoms with Crippen LogP contribution >= 0.6 is 19.8 Å². The maximum absolute atomic E-state index is 12.5. The van der Waals surface area contributed by atoms with E-state index in [1.165, 1.54) is 33.3 Å². The second-order valence-corrected chi connectivity index (χ2v) is 29.5. The van der Waals surface area contributed by atoms with Gasteiger partial charge in [0.25, 0.3) is 0 Å². The standard InChI is InChI=1S/C12H15N3O6S.C12H14N3O3.C11H12N3O6S.C11H12N3O3.C10H15N3O3.C2H.4CH3.2H3P.8W/c1-7-4-8(13-20-7)9-5-12(2-3-12)10-6-14(9)11(16)15(10)21-22(17,18)19;1-17-15-10-7-14(11(15)16)9(6-12(10)3-4-12)8-2-5-18-13-8;15-10-13-6-9(14(10)20-21(16,17)18)11(2-3-11)5-8(13)7-1-4-19-12-7;15-10-13-6-9(14(10)16)11(2-3-11)5-8(13)7-1-4-17-12-7;1-16-13-8-6-12(9(13)14)7(5-11-15)4-10(8)2-3-10;1-2;;;;;;;;;;;;;;/h4,9-10H,2-3,5-6H2,1H3,(H,17,18,19);2,9-10H,3-4,6-7H2,1H3;1,8-9H,2-3,5-6H2,(H,16,17,18);1,8-9,16H,2-3,5-6H2;5,7-8,15H,2-4,6H2,1H3;1H;6*1H3;;;;;;;;/q;3*-1;;5*-1;;;;;;;4*+2/b;;;;11-5+;;;;;;;;;;;;;;;. The molecule has 4 aromatic rings. The van der Waals surface area contributed by atoms with Gasteiger partial charge in [-0.05, 0) is 166 Å². The minimum absolute atomic E-state index is 0. The van der Waals surface area contributed by atoms with Gasteiger partial charge >= 0.3 is 135 Å². The van der Waals surface area contributed by atoms with E-state index in [4.69, 9.17) is 48.5 Å². The predicted octanol–water partition coefficient (Wildman–Crippen LogP) is 6.92. The van der Waals surface area contributed by atoms with Crippen LogP contribution in [0.4, 0.5) is 24.0 Å². The first kappa shape index (κ1) is 108. The van der Waals surface area contributed by atoms with Gasteiger partial charge in [0.2, 0.25) is 0 Å². The molecular formula is C62H87N15O21P2S2W8. The summed E-state index contributed by atoms with van der Waals surface area (Å²) in [5.41, 5.74) is 2.94. The number of hydroxylamine groups is 10. The molecule has 606 valence electrons. The van der Waals surface area contributed by atoms with E-state index in [1.807, 2.05) is 4.90 Å². The van der Waals surface area contributed by atoms with Gasteiger partial charge in [-0.3, -0.25) is 24.0 Å². The Bertz CT molecular complexity index is 3970. The van der Waals surface area contributed by atoms with Crippen LogP contribution in [0, 0.1) is 95.3 Å². The van der Waals surface area contributed by atoms with Crippen molar-refractivity contribution in [1.82, 2.24) is 70.4 Å². The van der Waals surface area contributed by atoms with Crippen LogP contribution in [0.1, 0.15) is 149 Å². The zero-order chi connectivity index (χ0) is 67.8. The van der Waals surface area contributed by atoms with Crippen molar-refractivity contribution in [2.75, 3.05) is 46.9 Å². The topological polar surface area (TPSA) is 420 Å². The normalized spacial score (nSPS) is 27.3. The third-order valence-corrected chi connectivity index (χ3v) is 23.3. The van der Waals surface area contributed by atoms with Crippen molar-refractivity contribution in [3.63, 3.8) is 0 Å². The number of nitrogens with zero attached hydrogens (tertiary/aromatic N) is 15. The molecule has 5 saturated carbocycles. The molecule has 10 saturated heterocycles. The van der Waals surface area contributed by atoms with Gasteiger partial charge < -0.3 is 90.4 Å². The smallest absolute Gasteiger partial charge is 0.697 e. The minimum atomic E-state index is -4.74. The quantitative estimate of drug-likeness (QED) is 0.0173. The molecular weight excluding hydrogens is 2890 g/mol. The van der Waals surface area contributed by atoms with Crippen molar-refractivity contribution in [1.29, 1.82) is 0 Å². The van der Waals surface area contributed by atoms with Crippen molar-refractivity contribution in [3.05, 3.63) is 108 Å². The molecule has 5 aliphatic carbocycles. The summed E-state index contributed by atoms with van der Waals surface area (Å²) in [5.74, 6) is 0.652. The molecule has 10 amide bonds. The SMILES string of the molecule is CON1C(=O)N2CC1C1(CC1)CC2/C=N/O.CON1C(=O)N2CC1C1(CC1)CC2c1c[c-]on1.Cc1cc(C2CC3(CC3)C3CN2C(=O)N3OS(=O)(=O)O)no1.O=C1N(O)C2CN1C(c1c[c-]on1)CC21CC1.O=C1N2CC(N1OS(=O)(=O)O)C1(CC1)CC2c1c[c-]on1.P.P.[C-]#C.[CH3-].[CH3-].[CH3-].[CH3-].[W+2].[W+2].[W+2].[W+2].[W].[W].[W].[W]. The van der Waals surface area contributed by atoms with E-state index in [0.717, 1.165) is 117 Å². The van der Waals surface area contributed by atoms with Crippen LogP contribution in [0.5, 0.6) is 0 Å². The monoisotopic (exact) mass is 2980 g/mol. The number of fused-ring (bicyclic) bond motifs is 15. The molecule has 48 heteroatoms. The van der Waals surface area contributed by atoms with Gasteiger partial charge in [0.1, 0.15) is 11.5 Å². The van der Waals surface area contributed by atoms with Crippen molar-refractivity contribution in [3.8, 4) is 6.42 Å². The summed E-state index contributed by atoms with van der Waals surface area (Å²) in [6.45, 7) is 4.46. The molecule has 12 unspecified atom stereocenters. The molecule has 0 aromatic carbocycles. The van der Waals surface area contributed by atoms with Crippen LogP contribution in [0.15, 0.2) is 47.5 Å². The molecule has 10 aliphatic heterocycles. The number of oxime groups is 1. The molecule has 12 atom stereocenters. The second kappa shape index (κ2) is 41.3. The number of rotatable bonds is 11. The van der Waals surface area contributed by atoms with Gasteiger partial charge in [-0.2, -0.15) is 75.1 Å². The summed E-state index contributed by atoms with van der Waals surface area (Å²) in [5, 5.41) is 42.7.